The minimum atomic E-state index is -0.396. The van der Waals surface area contributed by atoms with Crippen molar-refractivity contribution in [1.82, 2.24) is 4.98 Å². The number of ether oxygens (including phenoxy) is 1. The molecule has 3 nitrogen and oxygen atoms in total. The normalized spacial score (nSPS) is 11.1. The summed E-state index contributed by atoms with van der Waals surface area (Å²) in [6.45, 7) is 1.70. The summed E-state index contributed by atoms with van der Waals surface area (Å²) in [6, 6.07) is 4.88. The van der Waals surface area contributed by atoms with Crippen molar-refractivity contribution in [3.63, 3.8) is 0 Å². The van der Waals surface area contributed by atoms with Crippen LogP contribution in [0, 0.1) is 23.7 Å². The fourth-order valence-corrected chi connectivity index (χ4v) is 1.01. The summed E-state index contributed by atoms with van der Waals surface area (Å²) in [7, 11) is 0. The summed E-state index contributed by atoms with van der Waals surface area (Å²) in [5.74, 6) is 2.65. The first-order valence-electron chi connectivity index (χ1n) is 3.86. The quantitative estimate of drug-likeness (QED) is 0.549. The fraction of sp³-hybridized carbons (Fsp3) is 0.200. The molecule has 1 aromatic heterocycles. The lowest BCUT2D eigenvalue weighted by Gasteiger charge is -2.07. The van der Waals surface area contributed by atoms with Gasteiger partial charge in [0.05, 0.1) is 11.6 Å². The highest BCUT2D eigenvalue weighted by atomic mass is 35.5. The van der Waals surface area contributed by atoms with Crippen molar-refractivity contribution in [2.45, 2.75) is 13.0 Å². The zero-order valence-corrected chi connectivity index (χ0v) is 8.25. The van der Waals surface area contributed by atoms with Gasteiger partial charge < -0.3 is 4.74 Å². The molecule has 1 aromatic rings. The van der Waals surface area contributed by atoms with E-state index in [1.165, 1.54) is 12.1 Å². The highest BCUT2D eigenvalue weighted by molar-refractivity contribution is 6.29. The van der Waals surface area contributed by atoms with E-state index in [4.69, 9.17) is 28.0 Å². The first kappa shape index (κ1) is 10.4. The van der Waals surface area contributed by atoms with Crippen LogP contribution in [0.25, 0.3) is 0 Å². The molecule has 1 atom stereocenters. The molecule has 0 spiro atoms. The Morgan fingerprint density at radius 1 is 1.64 bits per heavy atom. The average Bonchev–Trinajstić information content (AvgIpc) is 2.16. The standard InChI is InChI=1S/C10H7ClN2O/c1-3-7(2)14-10-5-8(6-12)4-9(11)13-10/h1,4-5,7H,2H3. The molecule has 70 valence electrons. The third-order valence-electron chi connectivity index (χ3n) is 1.43. The number of nitrogens with zero attached hydrogens (tertiary/aromatic N) is 2. The van der Waals surface area contributed by atoms with Gasteiger partial charge in [-0.1, -0.05) is 17.5 Å². The molecule has 0 aliphatic heterocycles. The van der Waals surface area contributed by atoms with E-state index < -0.39 is 6.10 Å². The highest BCUT2D eigenvalue weighted by Crippen LogP contribution is 2.16. The van der Waals surface area contributed by atoms with Gasteiger partial charge in [-0.3, -0.25) is 0 Å². The molecule has 0 aromatic carbocycles. The van der Waals surface area contributed by atoms with Crippen molar-refractivity contribution in [3.8, 4) is 24.3 Å². The minimum Gasteiger partial charge on any atom is -0.461 e. The molecule has 0 amide bonds. The average molecular weight is 207 g/mol. The maximum atomic E-state index is 8.65. The molecule has 0 saturated heterocycles. The summed E-state index contributed by atoms with van der Waals surface area (Å²) < 4.78 is 5.20. The number of hydrogen-bond acceptors (Lipinski definition) is 3. The third-order valence-corrected chi connectivity index (χ3v) is 1.63. The molecule has 14 heavy (non-hydrogen) atoms. The second-order valence-electron chi connectivity index (χ2n) is 2.56. The van der Waals surface area contributed by atoms with Crippen LogP contribution >= 0.6 is 11.6 Å². The lowest BCUT2D eigenvalue weighted by atomic mass is 10.3. The Morgan fingerprint density at radius 3 is 2.93 bits per heavy atom. The maximum Gasteiger partial charge on any atom is 0.217 e. The summed E-state index contributed by atoms with van der Waals surface area (Å²) >= 11 is 5.66. The first-order valence-corrected chi connectivity index (χ1v) is 4.24. The smallest absolute Gasteiger partial charge is 0.217 e. The number of pyridine rings is 1. The summed E-state index contributed by atoms with van der Waals surface area (Å²) in [4.78, 5) is 3.87. The van der Waals surface area contributed by atoms with Crippen LogP contribution in [0.1, 0.15) is 12.5 Å². The molecule has 0 aliphatic carbocycles. The van der Waals surface area contributed by atoms with Crippen LogP contribution in [0.2, 0.25) is 5.15 Å². The van der Waals surface area contributed by atoms with Crippen molar-refractivity contribution in [1.29, 1.82) is 5.26 Å². The number of halogens is 1. The van der Waals surface area contributed by atoms with E-state index in [0.29, 0.717) is 5.56 Å². The van der Waals surface area contributed by atoms with Crippen LogP contribution in [-0.4, -0.2) is 11.1 Å². The Kier molecular flexibility index (Phi) is 3.34. The van der Waals surface area contributed by atoms with Gasteiger partial charge in [0.1, 0.15) is 5.15 Å². The summed E-state index contributed by atoms with van der Waals surface area (Å²) in [6.07, 6.45) is 4.73. The Balaban J connectivity index is 2.95. The van der Waals surface area contributed by atoms with E-state index >= 15 is 0 Å². The van der Waals surface area contributed by atoms with Gasteiger partial charge in [-0.15, -0.1) is 6.42 Å². The van der Waals surface area contributed by atoms with Crippen LogP contribution in [0.5, 0.6) is 5.88 Å². The molecule has 1 unspecified atom stereocenters. The summed E-state index contributed by atoms with van der Waals surface area (Å²) in [5, 5.41) is 8.86. The van der Waals surface area contributed by atoms with Gasteiger partial charge in [0, 0.05) is 6.07 Å². The molecular formula is C10H7ClN2O. The van der Waals surface area contributed by atoms with E-state index in [0.717, 1.165) is 0 Å². The Hall–Kier alpha value is -1.71. The van der Waals surface area contributed by atoms with Crippen LogP contribution in [0.4, 0.5) is 0 Å². The fourth-order valence-electron chi connectivity index (χ4n) is 0.813. The van der Waals surface area contributed by atoms with Crippen LogP contribution < -0.4 is 4.74 Å². The minimum absolute atomic E-state index is 0.211. The zero-order valence-electron chi connectivity index (χ0n) is 7.49. The first-order chi connectivity index (χ1) is 6.65. The predicted molar refractivity (Wildman–Crippen MR) is 52.9 cm³/mol. The van der Waals surface area contributed by atoms with Crippen molar-refractivity contribution in [2.75, 3.05) is 0 Å². The summed E-state index contributed by atoms with van der Waals surface area (Å²) in [5.41, 5.74) is 0.393. The Labute approximate surface area is 87.3 Å². The van der Waals surface area contributed by atoms with E-state index in [-0.39, 0.29) is 11.0 Å². The van der Waals surface area contributed by atoms with Crippen LogP contribution in [0.3, 0.4) is 0 Å². The lowest BCUT2D eigenvalue weighted by molar-refractivity contribution is 0.268. The second kappa shape index (κ2) is 4.50. The molecule has 0 radical (unpaired) electrons. The molecule has 4 heteroatoms. The molecule has 0 N–H and O–H groups in total. The monoisotopic (exact) mass is 206 g/mol. The van der Waals surface area contributed by atoms with Crippen LogP contribution in [-0.2, 0) is 0 Å². The van der Waals surface area contributed by atoms with E-state index in [2.05, 4.69) is 10.9 Å². The SMILES string of the molecule is C#CC(C)Oc1cc(C#N)cc(Cl)n1. The number of hydrogen-bond donors (Lipinski definition) is 0. The molecule has 0 fully saturated rings. The topological polar surface area (TPSA) is 45.9 Å². The largest absolute Gasteiger partial charge is 0.461 e. The van der Waals surface area contributed by atoms with Crippen molar-refractivity contribution >= 4 is 11.6 Å². The number of terminal acetylenes is 1. The molecule has 0 aliphatic rings. The van der Waals surface area contributed by atoms with Gasteiger partial charge >= 0.3 is 0 Å². The van der Waals surface area contributed by atoms with Crippen LogP contribution in [0.15, 0.2) is 12.1 Å². The highest BCUT2D eigenvalue weighted by Gasteiger charge is 2.04. The number of rotatable bonds is 2. The predicted octanol–water partition coefficient (Wildman–Crippen LogP) is 2.01. The second-order valence-corrected chi connectivity index (χ2v) is 2.94. The lowest BCUT2D eigenvalue weighted by Crippen LogP contribution is -2.09. The van der Waals surface area contributed by atoms with Gasteiger partial charge in [0.2, 0.25) is 5.88 Å². The van der Waals surface area contributed by atoms with Gasteiger partial charge in [-0.25, -0.2) is 4.98 Å². The van der Waals surface area contributed by atoms with E-state index in [1.54, 1.807) is 6.92 Å². The van der Waals surface area contributed by atoms with Gasteiger partial charge in [-0.05, 0) is 13.0 Å². The van der Waals surface area contributed by atoms with Gasteiger partial charge in [-0.2, -0.15) is 5.26 Å². The Bertz CT molecular complexity index is 417. The molecule has 1 heterocycles. The number of aromatic nitrogens is 1. The Morgan fingerprint density at radius 2 is 2.36 bits per heavy atom. The van der Waals surface area contributed by atoms with E-state index in [1.807, 2.05) is 6.07 Å². The molecule has 1 rings (SSSR count). The van der Waals surface area contributed by atoms with Gasteiger partial charge in [0.15, 0.2) is 6.10 Å². The molecule has 0 saturated carbocycles. The van der Waals surface area contributed by atoms with E-state index in [9.17, 15) is 0 Å². The van der Waals surface area contributed by atoms with Crippen molar-refractivity contribution < 1.29 is 4.74 Å². The van der Waals surface area contributed by atoms with Gasteiger partial charge in [0.25, 0.3) is 0 Å². The molecular weight excluding hydrogens is 200 g/mol. The third kappa shape index (κ3) is 2.65. The van der Waals surface area contributed by atoms with Crippen molar-refractivity contribution in [3.05, 3.63) is 22.8 Å². The molecule has 0 bridgehead atoms. The zero-order chi connectivity index (χ0) is 10.6. The number of nitriles is 1. The maximum absolute atomic E-state index is 8.65. The van der Waals surface area contributed by atoms with Crippen molar-refractivity contribution in [2.24, 2.45) is 0 Å².